The molecule has 1 N–H and O–H groups in total. The van der Waals surface area contributed by atoms with Gasteiger partial charge in [-0.25, -0.2) is 4.79 Å². The molecular weight excluding hydrogens is 224 g/mol. The van der Waals surface area contributed by atoms with E-state index in [1.165, 1.54) is 0 Å². The van der Waals surface area contributed by atoms with Gasteiger partial charge < -0.3 is 5.11 Å². The van der Waals surface area contributed by atoms with Gasteiger partial charge >= 0.3 is 5.97 Å². The van der Waals surface area contributed by atoms with Gasteiger partial charge in [0, 0.05) is 12.0 Å². The minimum absolute atomic E-state index is 0.343. The van der Waals surface area contributed by atoms with Gasteiger partial charge in [-0.05, 0) is 31.9 Å². The molecule has 0 aliphatic heterocycles. The summed E-state index contributed by atoms with van der Waals surface area (Å²) >= 11 is 0. The van der Waals surface area contributed by atoms with Crippen molar-refractivity contribution in [2.24, 2.45) is 0 Å². The molecule has 2 nitrogen and oxygen atoms in total. The van der Waals surface area contributed by atoms with Crippen molar-refractivity contribution in [1.29, 1.82) is 0 Å². The Kier molecular flexibility index (Phi) is 8.39. The first-order chi connectivity index (χ1) is 8.52. The van der Waals surface area contributed by atoms with Crippen molar-refractivity contribution in [1.82, 2.24) is 0 Å². The van der Waals surface area contributed by atoms with Gasteiger partial charge in [-0.2, -0.15) is 0 Å². The lowest BCUT2D eigenvalue weighted by Gasteiger charge is -2.02. The maximum atomic E-state index is 11.1. The summed E-state index contributed by atoms with van der Waals surface area (Å²) < 4.78 is 0. The number of unbranched alkanes of at least 4 members (excludes halogenated alkanes) is 1. The maximum Gasteiger partial charge on any atom is 0.335 e. The molecule has 0 aliphatic rings. The Morgan fingerprint density at radius 3 is 2.44 bits per heavy atom. The smallest absolute Gasteiger partial charge is 0.335 e. The molecule has 0 unspecified atom stereocenters. The Balaban J connectivity index is 4.82. The topological polar surface area (TPSA) is 37.3 Å². The van der Waals surface area contributed by atoms with E-state index in [1.54, 1.807) is 12.2 Å². The van der Waals surface area contributed by atoms with Gasteiger partial charge in [0.05, 0.1) is 5.57 Å². The summed E-state index contributed by atoms with van der Waals surface area (Å²) in [5, 5.41) is 9.12. The first kappa shape index (κ1) is 16.2. The number of rotatable bonds is 6. The number of allylic oxidation sites excluding steroid dienone is 3. The maximum absolute atomic E-state index is 11.1. The van der Waals surface area contributed by atoms with E-state index in [4.69, 9.17) is 5.11 Å². The van der Waals surface area contributed by atoms with Gasteiger partial charge in [0.15, 0.2) is 0 Å². The van der Waals surface area contributed by atoms with Crippen LogP contribution in [0, 0.1) is 11.8 Å². The molecule has 0 saturated heterocycles. The Labute approximate surface area is 110 Å². The molecule has 0 heterocycles. The fraction of sp³-hybridized carbons (Fsp3) is 0.438. The van der Waals surface area contributed by atoms with E-state index >= 15 is 0 Å². The third-order valence-electron chi connectivity index (χ3n) is 2.39. The molecule has 0 rings (SSSR count). The molecule has 18 heavy (non-hydrogen) atoms. The third-order valence-corrected chi connectivity index (χ3v) is 2.39. The molecule has 0 saturated carbocycles. The van der Waals surface area contributed by atoms with Gasteiger partial charge in [0.2, 0.25) is 0 Å². The minimum atomic E-state index is -0.897. The quantitative estimate of drug-likeness (QED) is 0.435. The highest BCUT2D eigenvalue weighted by atomic mass is 16.4. The van der Waals surface area contributed by atoms with Crippen LogP contribution in [0.4, 0.5) is 0 Å². The summed E-state index contributed by atoms with van der Waals surface area (Å²) in [7, 11) is 0. The van der Waals surface area contributed by atoms with Crippen LogP contribution >= 0.6 is 0 Å². The van der Waals surface area contributed by atoms with E-state index < -0.39 is 5.97 Å². The minimum Gasteiger partial charge on any atom is -0.478 e. The average Bonchev–Trinajstić information content (AvgIpc) is 2.29. The lowest BCUT2D eigenvalue weighted by atomic mass is 10.0. The molecule has 0 aromatic heterocycles. The van der Waals surface area contributed by atoms with E-state index in [-0.39, 0.29) is 0 Å². The van der Waals surface area contributed by atoms with Crippen LogP contribution in [0.3, 0.4) is 0 Å². The van der Waals surface area contributed by atoms with Crippen LogP contribution in [0.1, 0.15) is 46.5 Å². The molecule has 0 aliphatic carbocycles. The zero-order valence-corrected chi connectivity index (χ0v) is 11.5. The van der Waals surface area contributed by atoms with Gasteiger partial charge in [-0.15, -0.1) is 0 Å². The Hall–Kier alpha value is -1.75. The van der Waals surface area contributed by atoms with E-state index in [2.05, 4.69) is 25.3 Å². The van der Waals surface area contributed by atoms with Crippen molar-refractivity contribution >= 4 is 5.97 Å². The summed E-state index contributed by atoms with van der Waals surface area (Å²) in [5.41, 5.74) is 1.87. The molecule has 0 amide bonds. The second-order valence-corrected chi connectivity index (χ2v) is 4.16. The summed E-state index contributed by atoms with van der Waals surface area (Å²) in [6.07, 6.45) is 6.85. The molecular formula is C16H22O2. The van der Waals surface area contributed by atoms with Gasteiger partial charge in [0.1, 0.15) is 0 Å². The normalized spacial score (nSPS) is 11.7. The van der Waals surface area contributed by atoms with Gasteiger partial charge in [-0.3, -0.25) is 0 Å². The average molecular weight is 246 g/mol. The molecule has 0 radical (unpaired) electrons. The SMILES string of the molecule is C=C(C#CCCC)/C=C\C(C(=O)O)=C(\C)CCC. The Bertz CT molecular complexity index is 414. The summed E-state index contributed by atoms with van der Waals surface area (Å²) in [5.74, 6) is 4.98. The Morgan fingerprint density at radius 2 is 1.94 bits per heavy atom. The fourth-order valence-corrected chi connectivity index (χ4v) is 1.43. The van der Waals surface area contributed by atoms with Crippen molar-refractivity contribution in [3.63, 3.8) is 0 Å². The zero-order chi connectivity index (χ0) is 14.0. The second kappa shape index (κ2) is 9.30. The summed E-state index contributed by atoms with van der Waals surface area (Å²) in [6.45, 7) is 9.73. The molecule has 0 bridgehead atoms. The standard InChI is InChI=1S/C16H22O2/c1-5-7-8-10-13(3)11-12-15(16(17)18)14(4)9-6-2/h11-12H,3,5-7,9H2,1-2,4H3,(H,17,18)/b12-11-,15-14+. The van der Waals surface area contributed by atoms with Crippen LogP contribution in [0.25, 0.3) is 0 Å². The molecule has 0 aromatic rings. The van der Waals surface area contributed by atoms with E-state index in [0.29, 0.717) is 11.1 Å². The number of carbonyl (C=O) groups is 1. The summed E-state index contributed by atoms with van der Waals surface area (Å²) in [6, 6.07) is 0. The van der Waals surface area contributed by atoms with Crippen molar-refractivity contribution in [3.8, 4) is 11.8 Å². The largest absolute Gasteiger partial charge is 0.478 e. The fourth-order valence-electron chi connectivity index (χ4n) is 1.43. The predicted molar refractivity (Wildman–Crippen MR) is 76.2 cm³/mol. The second-order valence-electron chi connectivity index (χ2n) is 4.16. The third kappa shape index (κ3) is 6.75. The highest BCUT2D eigenvalue weighted by Crippen LogP contribution is 2.13. The number of hydrogen-bond donors (Lipinski definition) is 1. The van der Waals surface area contributed by atoms with Crippen molar-refractivity contribution < 1.29 is 9.90 Å². The van der Waals surface area contributed by atoms with Crippen molar-refractivity contribution in [3.05, 3.63) is 35.5 Å². The number of aliphatic carboxylic acids is 1. The van der Waals surface area contributed by atoms with Crippen LogP contribution in [0.5, 0.6) is 0 Å². The van der Waals surface area contributed by atoms with Crippen LogP contribution in [0.15, 0.2) is 35.5 Å². The van der Waals surface area contributed by atoms with Crippen molar-refractivity contribution in [2.75, 3.05) is 0 Å². The number of carboxylic acids is 1. The molecule has 98 valence electrons. The lowest BCUT2D eigenvalue weighted by Crippen LogP contribution is -2.01. The first-order valence-corrected chi connectivity index (χ1v) is 6.31. The predicted octanol–water partition coefficient (Wildman–Crippen LogP) is 4.10. The first-order valence-electron chi connectivity index (χ1n) is 6.31. The molecule has 0 atom stereocenters. The number of carboxylic acid groups (broad SMARTS) is 1. The van der Waals surface area contributed by atoms with Gasteiger partial charge in [0.25, 0.3) is 0 Å². The van der Waals surface area contributed by atoms with Crippen LogP contribution in [-0.2, 0) is 4.79 Å². The van der Waals surface area contributed by atoms with E-state index in [0.717, 1.165) is 31.3 Å². The Morgan fingerprint density at radius 1 is 1.28 bits per heavy atom. The van der Waals surface area contributed by atoms with E-state index in [9.17, 15) is 4.79 Å². The van der Waals surface area contributed by atoms with Crippen LogP contribution < -0.4 is 0 Å². The van der Waals surface area contributed by atoms with Crippen LogP contribution in [-0.4, -0.2) is 11.1 Å². The highest BCUT2D eigenvalue weighted by Gasteiger charge is 2.06. The number of hydrogen-bond acceptors (Lipinski definition) is 1. The monoisotopic (exact) mass is 246 g/mol. The molecule has 0 fully saturated rings. The highest BCUT2D eigenvalue weighted by molar-refractivity contribution is 5.90. The van der Waals surface area contributed by atoms with E-state index in [1.807, 2.05) is 13.8 Å². The van der Waals surface area contributed by atoms with Crippen molar-refractivity contribution in [2.45, 2.75) is 46.5 Å². The zero-order valence-electron chi connectivity index (χ0n) is 11.5. The molecule has 0 spiro atoms. The summed E-state index contributed by atoms with van der Waals surface area (Å²) in [4.78, 5) is 11.1. The van der Waals surface area contributed by atoms with Gasteiger partial charge in [-0.1, -0.05) is 44.3 Å². The molecule has 0 aromatic carbocycles. The lowest BCUT2D eigenvalue weighted by molar-refractivity contribution is -0.132. The molecule has 2 heteroatoms. The van der Waals surface area contributed by atoms with Crippen LogP contribution in [0.2, 0.25) is 0 Å².